The Balaban J connectivity index is 2.54. The molecule has 0 aliphatic heterocycles. The molecule has 110 valence electrons. The number of nitrogens with one attached hydrogen (secondary N) is 1. The summed E-state index contributed by atoms with van der Waals surface area (Å²) < 4.78 is 13.0. The Bertz CT molecular complexity index is 646. The van der Waals surface area contributed by atoms with E-state index in [1.54, 1.807) is 30.1 Å². The van der Waals surface area contributed by atoms with Gasteiger partial charge in [-0.25, -0.2) is 9.37 Å². The average molecular weight is 290 g/mol. The highest BCUT2D eigenvalue weighted by atomic mass is 19.1. The Morgan fingerprint density at radius 2 is 1.95 bits per heavy atom. The van der Waals surface area contributed by atoms with Crippen LogP contribution < -0.4 is 10.2 Å². The van der Waals surface area contributed by atoms with Crippen LogP contribution in [0.25, 0.3) is 0 Å². The second-order valence-corrected chi connectivity index (χ2v) is 4.27. The molecule has 1 aromatic heterocycles. The van der Waals surface area contributed by atoms with Crippen LogP contribution in [0.3, 0.4) is 0 Å². The van der Waals surface area contributed by atoms with Crippen LogP contribution in [0, 0.1) is 15.9 Å². The number of hydrogen-bond donors (Lipinski definition) is 1. The molecule has 0 saturated carbocycles. The summed E-state index contributed by atoms with van der Waals surface area (Å²) in [4.78, 5) is 16.6. The number of nitrogens with zero attached hydrogens (tertiary/aromatic N) is 3. The van der Waals surface area contributed by atoms with Crippen molar-refractivity contribution in [1.82, 2.24) is 4.98 Å². The Morgan fingerprint density at radius 1 is 1.29 bits per heavy atom. The van der Waals surface area contributed by atoms with Crippen molar-refractivity contribution >= 4 is 23.0 Å². The van der Waals surface area contributed by atoms with Gasteiger partial charge in [0.05, 0.1) is 4.92 Å². The second-order valence-electron chi connectivity index (χ2n) is 4.27. The molecule has 21 heavy (non-hydrogen) atoms. The van der Waals surface area contributed by atoms with E-state index in [2.05, 4.69) is 10.3 Å². The second kappa shape index (κ2) is 6.17. The molecular weight excluding hydrogens is 275 g/mol. The van der Waals surface area contributed by atoms with E-state index in [1.807, 2.05) is 6.92 Å². The number of nitro groups is 1. The lowest BCUT2D eigenvalue weighted by atomic mass is 10.2. The molecule has 0 amide bonds. The van der Waals surface area contributed by atoms with Crippen molar-refractivity contribution in [3.05, 3.63) is 52.3 Å². The van der Waals surface area contributed by atoms with Gasteiger partial charge in [-0.3, -0.25) is 10.1 Å². The lowest BCUT2D eigenvalue weighted by molar-refractivity contribution is -0.384. The van der Waals surface area contributed by atoms with Gasteiger partial charge in [-0.05, 0) is 37.3 Å². The van der Waals surface area contributed by atoms with Crippen LogP contribution in [0.2, 0.25) is 0 Å². The van der Waals surface area contributed by atoms with Crippen LogP contribution >= 0.6 is 0 Å². The summed E-state index contributed by atoms with van der Waals surface area (Å²) in [5, 5.41) is 14.0. The minimum atomic E-state index is -0.478. The molecule has 0 aliphatic carbocycles. The first-order valence-corrected chi connectivity index (χ1v) is 6.43. The SMILES string of the molecule is CCN(c1ccc(F)cc1)c1nc(NC)ccc1[N+](=O)[O-]. The maximum atomic E-state index is 13.0. The summed E-state index contributed by atoms with van der Waals surface area (Å²) in [7, 11) is 1.69. The lowest BCUT2D eigenvalue weighted by Gasteiger charge is -2.22. The summed E-state index contributed by atoms with van der Waals surface area (Å²) in [5.41, 5.74) is 0.544. The largest absolute Gasteiger partial charge is 0.373 e. The first-order valence-electron chi connectivity index (χ1n) is 6.43. The molecule has 0 spiro atoms. The van der Waals surface area contributed by atoms with Gasteiger partial charge in [0.2, 0.25) is 5.82 Å². The average Bonchev–Trinajstić information content (AvgIpc) is 2.49. The number of aromatic nitrogens is 1. The maximum Gasteiger partial charge on any atom is 0.312 e. The zero-order valence-electron chi connectivity index (χ0n) is 11.7. The molecule has 0 radical (unpaired) electrons. The fraction of sp³-hybridized carbons (Fsp3) is 0.214. The molecule has 0 atom stereocenters. The molecule has 0 unspecified atom stereocenters. The van der Waals surface area contributed by atoms with E-state index in [4.69, 9.17) is 0 Å². The van der Waals surface area contributed by atoms with Gasteiger partial charge in [0, 0.05) is 25.3 Å². The third-order valence-electron chi connectivity index (χ3n) is 3.02. The van der Waals surface area contributed by atoms with E-state index in [0.29, 0.717) is 18.1 Å². The van der Waals surface area contributed by atoms with Crippen molar-refractivity contribution in [1.29, 1.82) is 0 Å². The summed E-state index contributed by atoms with van der Waals surface area (Å²) in [6, 6.07) is 8.70. The molecule has 2 rings (SSSR count). The van der Waals surface area contributed by atoms with Gasteiger partial charge in [-0.2, -0.15) is 0 Å². The van der Waals surface area contributed by atoms with E-state index in [-0.39, 0.29) is 17.3 Å². The summed E-state index contributed by atoms with van der Waals surface area (Å²) >= 11 is 0. The van der Waals surface area contributed by atoms with Crippen LogP contribution in [0.1, 0.15) is 6.92 Å². The van der Waals surface area contributed by atoms with Crippen LogP contribution in [0.4, 0.5) is 27.4 Å². The van der Waals surface area contributed by atoms with Gasteiger partial charge < -0.3 is 10.2 Å². The highest BCUT2D eigenvalue weighted by Gasteiger charge is 2.22. The highest BCUT2D eigenvalue weighted by molar-refractivity contribution is 5.70. The van der Waals surface area contributed by atoms with Crippen molar-refractivity contribution in [2.45, 2.75) is 6.92 Å². The van der Waals surface area contributed by atoms with Gasteiger partial charge in [-0.15, -0.1) is 0 Å². The number of benzene rings is 1. The fourth-order valence-electron chi connectivity index (χ4n) is 2.00. The molecule has 1 aromatic carbocycles. The van der Waals surface area contributed by atoms with E-state index in [1.165, 1.54) is 18.2 Å². The predicted molar refractivity (Wildman–Crippen MR) is 79.5 cm³/mol. The Labute approximate surface area is 121 Å². The fourth-order valence-corrected chi connectivity index (χ4v) is 2.00. The minimum absolute atomic E-state index is 0.0971. The van der Waals surface area contributed by atoms with Gasteiger partial charge in [0.1, 0.15) is 11.6 Å². The third-order valence-corrected chi connectivity index (χ3v) is 3.02. The van der Waals surface area contributed by atoms with Crippen LogP contribution in [-0.2, 0) is 0 Å². The van der Waals surface area contributed by atoms with Crippen LogP contribution in [-0.4, -0.2) is 23.5 Å². The molecule has 0 saturated heterocycles. The number of rotatable bonds is 5. The maximum absolute atomic E-state index is 13.0. The first-order chi connectivity index (χ1) is 10.1. The van der Waals surface area contributed by atoms with Gasteiger partial charge >= 0.3 is 5.69 Å². The molecule has 1 heterocycles. The van der Waals surface area contributed by atoms with Crippen LogP contribution in [0.15, 0.2) is 36.4 Å². The van der Waals surface area contributed by atoms with Crippen molar-refractivity contribution in [3.63, 3.8) is 0 Å². The molecule has 0 bridgehead atoms. The van der Waals surface area contributed by atoms with E-state index >= 15 is 0 Å². The van der Waals surface area contributed by atoms with Gasteiger partial charge in [0.15, 0.2) is 0 Å². The Hall–Kier alpha value is -2.70. The third kappa shape index (κ3) is 3.07. The summed E-state index contributed by atoms with van der Waals surface area (Å²) in [5.74, 6) is 0.387. The van der Waals surface area contributed by atoms with Crippen molar-refractivity contribution in [2.24, 2.45) is 0 Å². The zero-order valence-corrected chi connectivity index (χ0v) is 11.7. The lowest BCUT2D eigenvalue weighted by Crippen LogP contribution is -2.19. The van der Waals surface area contributed by atoms with Crippen molar-refractivity contribution < 1.29 is 9.31 Å². The molecule has 6 nitrogen and oxygen atoms in total. The number of pyridine rings is 1. The highest BCUT2D eigenvalue weighted by Crippen LogP contribution is 2.32. The summed E-state index contributed by atoms with van der Waals surface area (Å²) in [6.45, 7) is 2.31. The smallest absolute Gasteiger partial charge is 0.312 e. The number of hydrogen-bond acceptors (Lipinski definition) is 5. The monoisotopic (exact) mass is 290 g/mol. The molecule has 0 fully saturated rings. The first kappa shape index (κ1) is 14.7. The Kier molecular flexibility index (Phi) is 4.32. The van der Waals surface area contributed by atoms with Crippen molar-refractivity contribution in [2.75, 3.05) is 23.8 Å². The van der Waals surface area contributed by atoms with E-state index in [0.717, 1.165) is 0 Å². The summed E-state index contributed by atoms with van der Waals surface area (Å²) in [6.07, 6.45) is 0. The molecule has 1 N–H and O–H groups in total. The minimum Gasteiger partial charge on any atom is -0.373 e. The molecule has 2 aromatic rings. The Morgan fingerprint density at radius 3 is 2.48 bits per heavy atom. The van der Waals surface area contributed by atoms with Gasteiger partial charge in [-0.1, -0.05) is 0 Å². The van der Waals surface area contributed by atoms with Crippen molar-refractivity contribution in [3.8, 4) is 0 Å². The van der Waals surface area contributed by atoms with E-state index in [9.17, 15) is 14.5 Å². The molecule has 7 heteroatoms. The standard InChI is InChI=1S/C14H15FN4O2/c1-3-18(11-6-4-10(15)5-7-11)14-12(19(20)21)8-9-13(16-2)17-14/h4-9H,3H2,1-2H3,(H,16,17). The topological polar surface area (TPSA) is 71.3 Å². The van der Waals surface area contributed by atoms with E-state index < -0.39 is 4.92 Å². The zero-order chi connectivity index (χ0) is 15.4. The number of anilines is 3. The van der Waals surface area contributed by atoms with Gasteiger partial charge in [0.25, 0.3) is 0 Å². The molecular formula is C14H15FN4O2. The van der Waals surface area contributed by atoms with Crippen LogP contribution in [0.5, 0.6) is 0 Å². The normalized spacial score (nSPS) is 10.2. The number of halogens is 1. The molecule has 0 aliphatic rings. The predicted octanol–water partition coefficient (Wildman–Crippen LogP) is 3.33. The quantitative estimate of drug-likeness (QED) is 0.675.